The molecule has 0 atom stereocenters. The minimum absolute atomic E-state index is 0.0941. The zero-order valence-corrected chi connectivity index (χ0v) is 19.6. The fraction of sp³-hybridized carbons (Fsp3) is 0.692. The van der Waals surface area contributed by atoms with Gasteiger partial charge in [0.2, 0.25) is 0 Å². The highest BCUT2D eigenvalue weighted by atomic mass is 16.5. The van der Waals surface area contributed by atoms with Crippen molar-refractivity contribution in [2.75, 3.05) is 0 Å². The largest absolute Gasteiger partial charge is 0.459 e. The molecule has 0 aliphatic rings. The molecule has 30 heavy (non-hydrogen) atoms. The van der Waals surface area contributed by atoms with E-state index in [-0.39, 0.29) is 12.2 Å². The van der Waals surface area contributed by atoms with E-state index in [0.717, 1.165) is 77.0 Å². The van der Waals surface area contributed by atoms with Crippen molar-refractivity contribution in [2.24, 2.45) is 0 Å². The van der Waals surface area contributed by atoms with Gasteiger partial charge in [-0.25, -0.2) is 9.59 Å². The van der Waals surface area contributed by atoms with Crippen LogP contribution in [0.15, 0.2) is 24.3 Å². The molecule has 0 spiro atoms. The number of carbonyl (C=O) groups excluding carboxylic acids is 2. The molecule has 170 valence electrons. The van der Waals surface area contributed by atoms with Gasteiger partial charge in [0, 0.05) is 0 Å². The molecule has 0 aliphatic carbocycles. The van der Waals surface area contributed by atoms with Gasteiger partial charge in [0.05, 0.1) is 11.1 Å². The molecule has 0 bridgehead atoms. The van der Waals surface area contributed by atoms with Crippen molar-refractivity contribution in [1.29, 1.82) is 0 Å². The third kappa shape index (κ3) is 9.77. The predicted molar refractivity (Wildman–Crippen MR) is 123 cm³/mol. The predicted octanol–water partition coefficient (Wildman–Crippen LogP) is 7.50. The first-order valence-corrected chi connectivity index (χ1v) is 12.1. The Labute approximate surface area is 183 Å². The van der Waals surface area contributed by atoms with E-state index in [1.807, 2.05) is 0 Å². The van der Waals surface area contributed by atoms with Crippen LogP contribution in [0.25, 0.3) is 0 Å². The second-order valence-corrected chi connectivity index (χ2v) is 8.17. The molecule has 4 nitrogen and oxygen atoms in total. The maximum Gasteiger partial charge on any atom is 0.339 e. The van der Waals surface area contributed by atoms with Crippen molar-refractivity contribution < 1.29 is 19.1 Å². The van der Waals surface area contributed by atoms with Gasteiger partial charge < -0.3 is 9.47 Å². The molecule has 0 unspecified atom stereocenters. The van der Waals surface area contributed by atoms with Gasteiger partial charge in [-0.05, 0) is 37.8 Å². The third-order valence-corrected chi connectivity index (χ3v) is 5.43. The Morgan fingerprint density at radius 2 is 0.933 bits per heavy atom. The van der Waals surface area contributed by atoms with Crippen LogP contribution < -0.4 is 0 Å². The molecule has 0 N–H and O–H groups in total. The average molecular weight is 419 g/mol. The van der Waals surface area contributed by atoms with Crippen molar-refractivity contribution in [3.8, 4) is 0 Å². The summed E-state index contributed by atoms with van der Waals surface area (Å²) >= 11 is 0. The van der Waals surface area contributed by atoms with E-state index in [9.17, 15) is 9.59 Å². The summed E-state index contributed by atoms with van der Waals surface area (Å²) in [6, 6.07) is 6.88. The number of unbranched alkanes of at least 4 members (excludes halogenated alkanes) is 4. The quantitative estimate of drug-likeness (QED) is 0.261. The van der Waals surface area contributed by atoms with Crippen LogP contribution >= 0.6 is 0 Å². The van der Waals surface area contributed by atoms with Crippen molar-refractivity contribution in [3.63, 3.8) is 0 Å². The Morgan fingerprint density at radius 3 is 1.20 bits per heavy atom. The van der Waals surface area contributed by atoms with E-state index in [0.29, 0.717) is 11.1 Å². The fourth-order valence-electron chi connectivity index (χ4n) is 3.52. The summed E-state index contributed by atoms with van der Waals surface area (Å²) in [6.45, 7) is 8.55. The number of esters is 2. The fourth-order valence-corrected chi connectivity index (χ4v) is 3.52. The van der Waals surface area contributed by atoms with Crippen molar-refractivity contribution in [2.45, 2.75) is 117 Å². The number of hydrogen-bond acceptors (Lipinski definition) is 4. The second kappa shape index (κ2) is 15.9. The molecule has 0 heterocycles. The molecule has 1 aromatic carbocycles. The van der Waals surface area contributed by atoms with Crippen molar-refractivity contribution in [1.82, 2.24) is 0 Å². The van der Waals surface area contributed by atoms with Crippen LogP contribution in [0.4, 0.5) is 0 Å². The number of rotatable bonds is 16. The molecular weight excluding hydrogens is 376 g/mol. The van der Waals surface area contributed by atoms with E-state index in [1.165, 1.54) is 0 Å². The number of hydrogen-bond donors (Lipinski definition) is 0. The molecule has 0 amide bonds. The molecule has 0 saturated heterocycles. The monoisotopic (exact) mass is 418 g/mol. The lowest BCUT2D eigenvalue weighted by atomic mass is 10.0. The topological polar surface area (TPSA) is 52.6 Å². The Balaban J connectivity index is 2.89. The van der Waals surface area contributed by atoms with Gasteiger partial charge in [0.25, 0.3) is 0 Å². The molecule has 0 fully saturated rings. The summed E-state index contributed by atoms with van der Waals surface area (Å²) in [4.78, 5) is 25.8. The summed E-state index contributed by atoms with van der Waals surface area (Å²) in [7, 11) is 0. The highest BCUT2D eigenvalue weighted by Gasteiger charge is 2.23. The number of benzene rings is 1. The zero-order chi connectivity index (χ0) is 22.2. The van der Waals surface area contributed by atoms with E-state index < -0.39 is 11.9 Å². The van der Waals surface area contributed by atoms with Crippen LogP contribution in [-0.2, 0) is 9.47 Å². The number of ether oxygens (including phenoxy) is 2. The van der Waals surface area contributed by atoms with E-state index >= 15 is 0 Å². The zero-order valence-electron chi connectivity index (χ0n) is 19.6. The maximum atomic E-state index is 12.9. The lowest BCUT2D eigenvalue weighted by Gasteiger charge is -2.20. The Morgan fingerprint density at radius 1 is 0.633 bits per heavy atom. The molecule has 1 aromatic rings. The van der Waals surface area contributed by atoms with Crippen LogP contribution in [-0.4, -0.2) is 24.1 Å². The van der Waals surface area contributed by atoms with Crippen LogP contribution in [0.3, 0.4) is 0 Å². The molecule has 0 aliphatic heterocycles. The van der Waals surface area contributed by atoms with Crippen LogP contribution in [0.1, 0.15) is 125 Å². The molecule has 0 saturated carbocycles. The van der Waals surface area contributed by atoms with E-state index in [1.54, 1.807) is 24.3 Å². The van der Waals surface area contributed by atoms with Crippen molar-refractivity contribution in [3.05, 3.63) is 35.4 Å². The molecule has 0 radical (unpaired) electrons. The van der Waals surface area contributed by atoms with Crippen LogP contribution in [0.2, 0.25) is 0 Å². The SMILES string of the molecule is CCCCC(CCCC)OC(=O)c1ccccc1C(=O)OC(CCCC)CCCC. The first-order valence-electron chi connectivity index (χ1n) is 12.1. The van der Waals surface area contributed by atoms with Gasteiger partial charge in [-0.1, -0.05) is 91.2 Å². The highest BCUT2D eigenvalue weighted by molar-refractivity contribution is 6.03. The summed E-state index contributed by atoms with van der Waals surface area (Å²) in [5.74, 6) is -0.836. The smallest absolute Gasteiger partial charge is 0.339 e. The highest BCUT2D eigenvalue weighted by Crippen LogP contribution is 2.20. The summed E-state index contributed by atoms with van der Waals surface area (Å²) in [5.41, 5.74) is 0.621. The molecule has 0 aromatic heterocycles. The van der Waals surface area contributed by atoms with Gasteiger partial charge in [-0.2, -0.15) is 0 Å². The maximum absolute atomic E-state index is 12.9. The average Bonchev–Trinajstić information content (AvgIpc) is 2.77. The standard InChI is InChI=1S/C26H42O4/c1-5-9-15-21(16-10-6-2)29-25(27)23-19-13-14-20-24(23)26(28)30-22(17-11-7-3)18-12-8-4/h13-14,19-22H,5-12,15-18H2,1-4H3. The van der Waals surface area contributed by atoms with Gasteiger partial charge in [0.15, 0.2) is 0 Å². The second-order valence-electron chi connectivity index (χ2n) is 8.17. The van der Waals surface area contributed by atoms with Gasteiger partial charge in [0.1, 0.15) is 12.2 Å². The first-order chi connectivity index (χ1) is 14.6. The molecular formula is C26H42O4. The van der Waals surface area contributed by atoms with Crippen molar-refractivity contribution >= 4 is 11.9 Å². The van der Waals surface area contributed by atoms with Gasteiger partial charge in [-0.3, -0.25) is 0 Å². The normalized spacial score (nSPS) is 11.1. The van der Waals surface area contributed by atoms with Gasteiger partial charge >= 0.3 is 11.9 Å². The minimum atomic E-state index is -0.418. The summed E-state index contributed by atoms with van der Waals surface area (Å²) < 4.78 is 11.6. The minimum Gasteiger partial charge on any atom is -0.459 e. The lowest BCUT2D eigenvalue weighted by molar-refractivity contribution is 0.0203. The molecule has 4 heteroatoms. The Hall–Kier alpha value is -1.84. The van der Waals surface area contributed by atoms with Gasteiger partial charge in [-0.15, -0.1) is 0 Å². The van der Waals surface area contributed by atoms with E-state index in [4.69, 9.17) is 9.47 Å². The number of carbonyl (C=O) groups is 2. The summed E-state index contributed by atoms with van der Waals surface area (Å²) in [6.07, 6.45) is 11.7. The first kappa shape index (κ1) is 26.2. The van der Waals surface area contributed by atoms with Crippen LogP contribution in [0, 0.1) is 0 Å². The lowest BCUT2D eigenvalue weighted by Crippen LogP contribution is -2.23. The van der Waals surface area contributed by atoms with E-state index in [2.05, 4.69) is 27.7 Å². The Bertz CT molecular complexity index is 542. The Kier molecular flexibility index (Phi) is 13.9. The van der Waals surface area contributed by atoms with Crippen LogP contribution in [0.5, 0.6) is 0 Å². The molecule has 1 rings (SSSR count). The third-order valence-electron chi connectivity index (χ3n) is 5.43. The summed E-state index contributed by atoms with van der Waals surface area (Å²) in [5, 5.41) is 0.